The first-order valence-electron chi connectivity index (χ1n) is 7.83. The van der Waals surface area contributed by atoms with Crippen LogP contribution in [-0.2, 0) is 0 Å². The molecule has 0 saturated heterocycles. The first-order chi connectivity index (χ1) is 12.2. The van der Waals surface area contributed by atoms with Gasteiger partial charge in [0.05, 0.1) is 11.8 Å². The van der Waals surface area contributed by atoms with Crippen LogP contribution in [0.3, 0.4) is 0 Å². The smallest absolute Gasteiger partial charge is 0.335 e. The van der Waals surface area contributed by atoms with E-state index in [1.165, 1.54) is 12.3 Å². The molecule has 5 rings (SSSR count). The van der Waals surface area contributed by atoms with Crippen molar-refractivity contribution in [2.24, 2.45) is 0 Å². The Kier molecular flexibility index (Phi) is 3.82. The number of carbonyl (C=O) groups excluding carboxylic acids is 1. The second kappa shape index (κ2) is 6.28. The molecule has 0 fully saturated rings. The predicted octanol–water partition coefficient (Wildman–Crippen LogP) is 3.46. The van der Waals surface area contributed by atoms with Gasteiger partial charge in [0.15, 0.2) is 6.61 Å². The molecule has 2 aliphatic rings. The third kappa shape index (κ3) is 2.80. The number of ketones is 1. The molecule has 5 nitrogen and oxygen atoms in total. The van der Waals surface area contributed by atoms with Gasteiger partial charge in [-0.2, -0.15) is 0 Å². The molecule has 3 heterocycles. The average Bonchev–Trinajstić information content (AvgIpc) is 3.04. The number of Topliss-reactive ketones (excluding diaryl/α,β-unsaturated/α-hetero) is 1. The first-order valence-corrected chi connectivity index (χ1v) is 7.83. The van der Waals surface area contributed by atoms with Crippen molar-refractivity contribution in [2.75, 3.05) is 13.2 Å². The van der Waals surface area contributed by atoms with Gasteiger partial charge in [0, 0.05) is 17.0 Å². The van der Waals surface area contributed by atoms with Crippen molar-refractivity contribution in [3.8, 4) is 11.5 Å². The van der Waals surface area contributed by atoms with Crippen LogP contribution in [0.15, 0.2) is 64.0 Å². The van der Waals surface area contributed by atoms with Crippen LogP contribution in [0.25, 0.3) is 16.8 Å². The number of carbonyl (C=O) groups is 1. The van der Waals surface area contributed by atoms with Crippen LogP contribution in [0.5, 0.6) is 11.5 Å². The van der Waals surface area contributed by atoms with Gasteiger partial charge in [0.2, 0.25) is 5.78 Å². The number of benzene rings is 2. The minimum Gasteiger partial charge on any atom is -0.489 e. The third-order valence-electron chi connectivity index (χ3n) is 4.01. The summed E-state index contributed by atoms with van der Waals surface area (Å²) in [6, 6.07) is 12.4. The van der Waals surface area contributed by atoms with Crippen molar-refractivity contribution in [3.63, 3.8) is 0 Å². The average molecular weight is 334 g/mol. The van der Waals surface area contributed by atoms with Crippen molar-refractivity contribution in [2.45, 2.75) is 0 Å². The standard InChI is InChI=1S/C15H10O3.C5H4O2/c16-11-8-18-13-6-4-9-3-5-12-10(2-1-7-17-12)14(9)15(11)13;6-5-3-1-2-4-7-5/h1-6H,7-8H2;1-4H. The number of hydrogen-bond donors (Lipinski definition) is 0. The maximum absolute atomic E-state index is 12.0. The van der Waals surface area contributed by atoms with E-state index in [4.69, 9.17) is 9.47 Å². The molecule has 0 spiro atoms. The van der Waals surface area contributed by atoms with E-state index in [2.05, 4.69) is 4.42 Å². The zero-order valence-corrected chi connectivity index (χ0v) is 13.2. The summed E-state index contributed by atoms with van der Waals surface area (Å²) in [7, 11) is 0. The Morgan fingerprint density at radius 3 is 2.44 bits per heavy atom. The molecule has 0 aliphatic carbocycles. The lowest BCUT2D eigenvalue weighted by atomic mass is 9.95. The van der Waals surface area contributed by atoms with E-state index in [0.717, 1.165) is 22.1 Å². The second-order valence-electron chi connectivity index (χ2n) is 5.56. The van der Waals surface area contributed by atoms with E-state index in [9.17, 15) is 9.59 Å². The second-order valence-corrected chi connectivity index (χ2v) is 5.56. The van der Waals surface area contributed by atoms with E-state index in [1.807, 2.05) is 36.4 Å². The zero-order valence-electron chi connectivity index (χ0n) is 13.2. The van der Waals surface area contributed by atoms with Gasteiger partial charge in [0.25, 0.3) is 0 Å². The number of fused-ring (bicyclic) bond motifs is 5. The van der Waals surface area contributed by atoms with Gasteiger partial charge in [0.1, 0.15) is 18.1 Å². The molecular weight excluding hydrogens is 320 g/mol. The van der Waals surface area contributed by atoms with Gasteiger partial charge in [-0.05, 0) is 29.7 Å². The number of rotatable bonds is 0. The van der Waals surface area contributed by atoms with Crippen molar-refractivity contribution in [1.29, 1.82) is 0 Å². The predicted molar refractivity (Wildman–Crippen MR) is 93.3 cm³/mol. The molecule has 0 N–H and O–H groups in total. The molecule has 0 atom stereocenters. The van der Waals surface area contributed by atoms with Crippen LogP contribution >= 0.6 is 0 Å². The van der Waals surface area contributed by atoms with Gasteiger partial charge >= 0.3 is 5.63 Å². The summed E-state index contributed by atoms with van der Waals surface area (Å²) in [6.45, 7) is 0.723. The van der Waals surface area contributed by atoms with Crippen molar-refractivity contribution >= 4 is 22.6 Å². The SMILES string of the molecule is O=C1COc2ccc3ccc4c(c3c21)C=CCO4.O=c1cccco1. The molecule has 1 aromatic heterocycles. The lowest BCUT2D eigenvalue weighted by Crippen LogP contribution is -2.03. The van der Waals surface area contributed by atoms with E-state index >= 15 is 0 Å². The Hall–Kier alpha value is -3.34. The quantitative estimate of drug-likeness (QED) is 0.630. The molecule has 3 aromatic rings. The topological polar surface area (TPSA) is 65.7 Å². The third-order valence-corrected chi connectivity index (χ3v) is 4.01. The molecule has 124 valence electrons. The van der Waals surface area contributed by atoms with Crippen LogP contribution in [0.1, 0.15) is 15.9 Å². The van der Waals surface area contributed by atoms with Gasteiger partial charge < -0.3 is 13.9 Å². The minimum absolute atomic E-state index is 0.0444. The van der Waals surface area contributed by atoms with E-state index in [1.54, 1.807) is 12.1 Å². The van der Waals surface area contributed by atoms with Gasteiger partial charge in [-0.25, -0.2) is 4.79 Å². The lowest BCUT2D eigenvalue weighted by molar-refractivity contribution is 0.0962. The maximum Gasteiger partial charge on any atom is 0.335 e. The molecule has 25 heavy (non-hydrogen) atoms. The molecule has 0 radical (unpaired) electrons. The molecule has 5 heteroatoms. The summed E-state index contributed by atoms with van der Waals surface area (Å²) in [5, 5.41) is 1.99. The highest BCUT2D eigenvalue weighted by Gasteiger charge is 2.26. The van der Waals surface area contributed by atoms with Crippen molar-refractivity contribution < 1.29 is 18.7 Å². The summed E-state index contributed by atoms with van der Waals surface area (Å²) in [5.41, 5.74) is 1.37. The molecule has 0 amide bonds. The largest absolute Gasteiger partial charge is 0.489 e. The fraction of sp³-hybridized carbons (Fsp3) is 0.100. The summed E-state index contributed by atoms with van der Waals surface area (Å²) >= 11 is 0. The van der Waals surface area contributed by atoms with Crippen molar-refractivity contribution in [1.82, 2.24) is 0 Å². The number of hydrogen-bond acceptors (Lipinski definition) is 5. The fourth-order valence-corrected chi connectivity index (χ4v) is 2.94. The molecular formula is C20H14O5. The normalized spacial score (nSPS) is 14.0. The number of ether oxygens (including phenoxy) is 2. The molecule has 2 aromatic carbocycles. The highest BCUT2D eigenvalue weighted by Crippen LogP contribution is 2.39. The monoisotopic (exact) mass is 334 g/mol. The van der Waals surface area contributed by atoms with E-state index in [0.29, 0.717) is 17.9 Å². The highest BCUT2D eigenvalue weighted by atomic mass is 16.5. The van der Waals surface area contributed by atoms with Crippen LogP contribution < -0.4 is 15.1 Å². The molecule has 2 aliphatic heterocycles. The van der Waals surface area contributed by atoms with E-state index in [-0.39, 0.29) is 18.0 Å². The van der Waals surface area contributed by atoms with E-state index < -0.39 is 0 Å². The Balaban J connectivity index is 0.000000190. The van der Waals surface area contributed by atoms with Gasteiger partial charge in [-0.1, -0.05) is 24.3 Å². The van der Waals surface area contributed by atoms with Gasteiger partial charge in [-0.3, -0.25) is 4.79 Å². The minimum atomic E-state index is -0.303. The Morgan fingerprint density at radius 1 is 0.880 bits per heavy atom. The Morgan fingerprint density at radius 2 is 1.72 bits per heavy atom. The molecule has 0 saturated carbocycles. The van der Waals surface area contributed by atoms with Crippen molar-refractivity contribution in [3.05, 3.63) is 76.4 Å². The highest BCUT2D eigenvalue weighted by molar-refractivity contribution is 6.15. The summed E-state index contributed by atoms with van der Waals surface area (Å²) < 4.78 is 15.4. The maximum atomic E-state index is 12.0. The van der Waals surface area contributed by atoms with Crippen LogP contribution in [0.4, 0.5) is 0 Å². The molecule has 0 bridgehead atoms. The summed E-state index contributed by atoms with van der Waals surface area (Å²) in [4.78, 5) is 22.1. The van der Waals surface area contributed by atoms with Crippen LogP contribution in [0, 0.1) is 0 Å². The summed E-state index contributed by atoms with van der Waals surface area (Å²) in [5.74, 6) is 1.56. The van der Waals surface area contributed by atoms with Crippen LogP contribution in [-0.4, -0.2) is 19.0 Å². The lowest BCUT2D eigenvalue weighted by Gasteiger charge is -2.15. The Bertz CT molecular complexity index is 1030. The van der Waals surface area contributed by atoms with Gasteiger partial charge in [-0.15, -0.1) is 0 Å². The van der Waals surface area contributed by atoms with Crippen LogP contribution in [0.2, 0.25) is 0 Å². The fourth-order valence-electron chi connectivity index (χ4n) is 2.94. The molecule has 0 unspecified atom stereocenters. The summed E-state index contributed by atoms with van der Waals surface area (Å²) in [6.07, 6.45) is 5.33. The first kappa shape index (κ1) is 15.2. The zero-order chi connectivity index (χ0) is 17.2. The Labute approximate surface area is 143 Å².